The van der Waals surface area contributed by atoms with Crippen molar-refractivity contribution >= 4 is 17.7 Å². The summed E-state index contributed by atoms with van der Waals surface area (Å²) in [6.45, 7) is 7.19. The Morgan fingerprint density at radius 2 is 2.04 bits per heavy atom. The minimum Gasteiger partial charge on any atom is -0.482 e. The van der Waals surface area contributed by atoms with E-state index in [4.69, 9.17) is 9.47 Å². The minimum absolute atomic E-state index is 0.0788. The van der Waals surface area contributed by atoms with Gasteiger partial charge >= 0.3 is 6.09 Å². The lowest BCUT2D eigenvalue weighted by Gasteiger charge is -2.33. The van der Waals surface area contributed by atoms with Gasteiger partial charge in [-0.1, -0.05) is 6.07 Å². The first-order valence-electron chi connectivity index (χ1n) is 8.84. The van der Waals surface area contributed by atoms with Gasteiger partial charge in [-0.3, -0.25) is 4.79 Å². The number of amides is 2. The lowest BCUT2D eigenvalue weighted by atomic mass is 9.90. The number of piperidine rings is 1. The number of hydrogen-bond acceptors (Lipinski definition) is 4. The van der Waals surface area contributed by atoms with Crippen LogP contribution in [-0.2, 0) is 16.0 Å². The fourth-order valence-corrected chi connectivity index (χ4v) is 3.24. The Morgan fingerprint density at radius 3 is 2.72 bits per heavy atom. The van der Waals surface area contributed by atoms with E-state index in [1.165, 1.54) is 5.56 Å². The molecule has 1 saturated heterocycles. The topological polar surface area (TPSA) is 67.9 Å². The molecule has 0 bridgehead atoms. The van der Waals surface area contributed by atoms with Crippen LogP contribution < -0.4 is 10.1 Å². The van der Waals surface area contributed by atoms with Crippen LogP contribution in [0.3, 0.4) is 0 Å². The van der Waals surface area contributed by atoms with Gasteiger partial charge in [0.05, 0.1) is 5.69 Å². The summed E-state index contributed by atoms with van der Waals surface area (Å²) in [5.74, 6) is 1.13. The van der Waals surface area contributed by atoms with Gasteiger partial charge in [0.1, 0.15) is 11.4 Å². The van der Waals surface area contributed by atoms with Crippen molar-refractivity contribution in [1.29, 1.82) is 0 Å². The smallest absolute Gasteiger partial charge is 0.410 e. The van der Waals surface area contributed by atoms with Crippen molar-refractivity contribution in [3.8, 4) is 5.75 Å². The molecule has 2 amide bonds. The molecule has 0 aliphatic carbocycles. The summed E-state index contributed by atoms with van der Waals surface area (Å²) >= 11 is 0. The van der Waals surface area contributed by atoms with Crippen molar-refractivity contribution in [2.75, 3.05) is 25.0 Å². The van der Waals surface area contributed by atoms with Gasteiger partial charge in [0.25, 0.3) is 5.91 Å². The molecule has 0 saturated carbocycles. The minimum atomic E-state index is -0.455. The molecule has 1 aromatic carbocycles. The third-order valence-electron chi connectivity index (χ3n) is 4.47. The molecular formula is C19H26N2O4. The summed E-state index contributed by atoms with van der Waals surface area (Å²) in [6, 6.07) is 5.96. The van der Waals surface area contributed by atoms with Crippen LogP contribution in [0.5, 0.6) is 5.75 Å². The van der Waals surface area contributed by atoms with Crippen molar-refractivity contribution in [2.45, 2.75) is 45.6 Å². The first kappa shape index (κ1) is 17.6. The van der Waals surface area contributed by atoms with Crippen LogP contribution in [0.1, 0.15) is 39.2 Å². The molecule has 2 heterocycles. The number of rotatable bonds is 2. The van der Waals surface area contributed by atoms with E-state index >= 15 is 0 Å². The number of carbonyl (C=O) groups is 2. The van der Waals surface area contributed by atoms with Gasteiger partial charge in [-0.25, -0.2) is 4.79 Å². The maximum Gasteiger partial charge on any atom is 0.410 e. The predicted molar refractivity (Wildman–Crippen MR) is 94.8 cm³/mol. The van der Waals surface area contributed by atoms with Crippen molar-refractivity contribution < 1.29 is 19.1 Å². The predicted octanol–water partition coefficient (Wildman–Crippen LogP) is 3.21. The van der Waals surface area contributed by atoms with Crippen molar-refractivity contribution in [3.63, 3.8) is 0 Å². The Morgan fingerprint density at radius 1 is 1.32 bits per heavy atom. The molecule has 1 fully saturated rings. The van der Waals surface area contributed by atoms with E-state index in [2.05, 4.69) is 11.4 Å². The second kappa shape index (κ2) is 6.94. The standard InChI is InChI=1S/C19H26N2O4/c1-19(2,3)25-18(23)21-8-6-13(7-9-21)10-14-4-5-16-15(11-14)20-17(22)12-24-16/h4-5,11,13H,6-10,12H2,1-3H3,(H,20,22). The van der Waals surface area contributed by atoms with E-state index in [9.17, 15) is 9.59 Å². The van der Waals surface area contributed by atoms with Gasteiger partial charge in [0.2, 0.25) is 0 Å². The number of likely N-dealkylation sites (tertiary alicyclic amines) is 1. The van der Waals surface area contributed by atoms with E-state index in [1.54, 1.807) is 4.90 Å². The molecule has 0 aromatic heterocycles. The number of benzene rings is 1. The molecule has 0 unspecified atom stereocenters. The van der Waals surface area contributed by atoms with Gasteiger partial charge in [-0.05, 0) is 63.6 Å². The summed E-state index contributed by atoms with van der Waals surface area (Å²) in [7, 11) is 0. The Labute approximate surface area is 148 Å². The summed E-state index contributed by atoms with van der Waals surface area (Å²) < 4.78 is 10.8. The fraction of sp³-hybridized carbons (Fsp3) is 0.579. The van der Waals surface area contributed by atoms with Crippen molar-refractivity contribution in [1.82, 2.24) is 4.90 Å². The molecule has 2 aliphatic heterocycles. The average molecular weight is 346 g/mol. The van der Waals surface area contributed by atoms with Crippen LogP contribution in [0.4, 0.5) is 10.5 Å². The zero-order chi connectivity index (χ0) is 18.0. The van der Waals surface area contributed by atoms with E-state index < -0.39 is 5.60 Å². The number of carbonyl (C=O) groups excluding carboxylic acids is 2. The highest BCUT2D eigenvalue weighted by atomic mass is 16.6. The number of nitrogens with one attached hydrogen (secondary N) is 1. The molecule has 3 rings (SSSR count). The molecular weight excluding hydrogens is 320 g/mol. The van der Waals surface area contributed by atoms with Gasteiger partial charge in [-0.15, -0.1) is 0 Å². The fourth-order valence-electron chi connectivity index (χ4n) is 3.24. The Kier molecular flexibility index (Phi) is 4.88. The third-order valence-corrected chi connectivity index (χ3v) is 4.47. The highest BCUT2D eigenvalue weighted by Crippen LogP contribution is 2.31. The summed E-state index contributed by atoms with van der Waals surface area (Å²) in [6.07, 6.45) is 2.63. The van der Waals surface area contributed by atoms with Crippen LogP contribution >= 0.6 is 0 Å². The number of nitrogens with zero attached hydrogens (tertiary/aromatic N) is 1. The molecule has 6 heteroatoms. The van der Waals surface area contributed by atoms with Gasteiger partial charge in [0.15, 0.2) is 6.61 Å². The van der Waals surface area contributed by atoms with Gasteiger partial charge in [0, 0.05) is 13.1 Å². The molecule has 136 valence electrons. The molecule has 0 spiro atoms. The Hall–Kier alpha value is -2.24. The first-order chi connectivity index (χ1) is 11.8. The Bertz CT molecular complexity index is 658. The van der Waals surface area contributed by atoms with E-state index in [0.717, 1.165) is 43.8 Å². The van der Waals surface area contributed by atoms with E-state index in [1.807, 2.05) is 32.9 Å². The molecule has 0 radical (unpaired) electrons. The zero-order valence-electron chi connectivity index (χ0n) is 15.1. The SMILES string of the molecule is CC(C)(C)OC(=O)N1CCC(Cc2ccc3c(c2)NC(=O)CO3)CC1. The lowest BCUT2D eigenvalue weighted by molar-refractivity contribution is -0.118. The molecule has 0 atom stereocenters. The van der Waals surface area contributed by atoms with Crippen molar-refractivity contribution in [3.05, 3.63) is 23.8 Å². The normalized spacial score (nSPS) is 18.2. The quantitative estimate of drug-likeness (QED) is 0.893. The second-order valence-corrected chi connectivity index (χ2v) is 7.78. The average Bonchev–Trinajstić information content (AvgIpc) is 2.53. The molecule has 1 N–H and O–H groups in total. The van der Waals surface area contributed by atoms with Gasteiger partial charge < -0.3 is 19.7 Å². The van der Waals surface area contributed by atoms with Crippen LogP contribution in [0.25, 0.3) is 0 Å². The van der Waals surface area contributed by atoms with Crippen LogP contribution in [0, 0.1) is 5.92 Å². The number of fused-ring (bicyclic) bond motifs is 1. The molecule has 6 nitrogen and oxygen atoms in total. The van der Waals surface area contributed by atoms with Crippen LogP contribution in [-0.4, -0.2) is 42.2 Å². The third kappa shape index (κ3) is 4.65. The van der Waals surface area contributed by atoms with Gasteiger partial charge in [-0.2, -0.15) is 0 Å². The van der Waals surface area contributed by atoms with Crippen LogP contribution in [0.2, 0.25) is 0 Å². The van der Waals surface area contributed by atoms with E-state index in [-0.39, 0.29) is 18.6 Å². The first-order valence-corrected chi connectivity index (χ1v) is 8.84. The number of ether oxygens (including phenoxy) is 2. The number of hydrogen-bond donors (Lipinski definition) is 1. The number of anilines is 1. The summed E-state index contributed by atoms with van der Waals surface area (Å²) in [4.78, 5) is 25.4. The van der Waals surface area contributed by atoms with Crippen molar-refractivity contribution in [2.24, 2.45) is 5.92 Å². The van der Waals surface area contributed by atoms with E-state index in [0.29, 0.717) is 5.92 Å². The molecule has 25 heavy (non-hydrogen) atoms. The zero-order valence-corrected chi connectivity index (χ0v) is 15.1. The highest BCUT2D eigenvalue weighted by Gasteiger charge is 2.27. The maximum absolute atomic E-state index is 12.1. The Balaban J connectivity index is 1.53. The summed E-state index contributed by atoms with van der Waals surface area (Å²) in [5, 5.41) is 2.85. The molecule has 2 aliphatic rings. The second-order valence-electron chi connectivity index (χ2n) is 7.78. The molecule has 1 aromatic rings. The monoisotopic (exact) mass is 346 g/mol. The highest BCUT2D eigenvalue weighted by molar-refractivity contribution is 5.95. The summed E-state index contributed by atoms with van der Waals surface area (Å²) in [5.41, 5.74) is 1.48. The lowest BCUT2D eigenvalue weighted by Crippen LogP contribution is -2.42. The largest absolute Gasteiger partial charge is 0.482 e. The maximum atomic E-state index is 12.1. The van der Waals surface area contributed by atoms with Crippen LogP contribution in [0.15, 0.2) is 18.2 Å².